The molecule has 5 rings (SSSR count). The maximum atomic E-state index is 12.9. The van der Waals surface area contributed by atoms with Gasteiger partial charge in [-0.1, -0.05) is 12.1 Å². The van der Waals surface area contributed by atoms with Crippen molar-refractivity contribution < 1.29 is 4.79 Å². The van der Waals surface area contributed by atoms with Crippen molar-refractivity contribution in [2.45, 2.75) is 25.3 Å². The van der Waals surface area contributed by atoms with Gasteiger partial charge in [-0.05, 0) is 68.8 Å². The van der Waals surface area contributed by atoms with Crippen LogP contribution >= 0.6 is 12.4 Å². The van der Waals surface area contributed by atoms with Crippen molar-refractivity contribution in [1.29, 1.82) is 0 Å². The smallest absolute Gasteiger partial charge is 0.253 e. The van der Waals surface area contributed by atoms with E-state index in [0.29, 0.717) is 6.04 Å². The molecule has 1 atom stereocenters. The van der Waals surface area contributed by atoms with E-state index >= 15 is 0 Å². The Balaban J connectivity index is 0.00000192. The fourth-order valence-corrected chi connectivity index (χ4v) is 4.44. The topological polar surface area (TPSA) is 41.4 Å². The van der Waals surface area contributed by atoms with E-state index in [1.54, 1.807) is 0 Å². The zero-order chi connectivity index (χ0) is 18.2. The molecule has 0 spiro atoms. The summed E-state index contributed by atoms with van der Waals surface area (Å²) in [7, 11) is 0. The highest BCUT2D eigenvalue weighted by Crippen LogP contribution is 2.23. The fourth-order valence-electron chi connectivity index (χ4n) is 4.44. The fraction of sp³-hybridized carbons (Fsp3) is 0.364. The molecule has 1 aromatic heterocycles. The third-order valence-corrected chi connectivity index (χ3v) is 5.95. The van der Waals surface area contributed by atoms with Gasteiger partial charge in [0, 0.05) is 30.4 Å². The normalized spacial score (nSPS) is 19.9. The molecule has 1 amide bonds. The van der Waals surface area contributed by atoms with Gasteiger partial charge in [-0.2, -0.15) is 0 Å². The molecule has 2 aromatic carbocycles. The highest BCUT2D eigenvalue weighted by atomic mass is 35.5. The van der Waals surface area contributed by atoms with Crippen LogP contribution in [0.4, 0.5) is 0 Å². The lowest BCUT2D eigenvalue weighted by molar-refractivity contribution is 0.0780. The number of carbonyl (C=O) groups is 1. The van der Waals surface area contributed by atoms with Gasteiger partial charge >= 0.3 is 0 Å². The molecule has 146 valence electrons. The van der Waals surface area contributed by atoms with Gasteiger partial charge in [0.15, 0.2) is 0 Å². The summed E-state index contributed by atoms with van der Waals surface area (Å²) in [6.07, 6.45) is 5.54. The van der Waals surface area contributed by atoms with Crippen molar-refractivity contribution >= 4 is 29.3 Å². The van der Waals surface area contributed by atoms with Crippen LogP contribution in [0.3, 0.4) is 0 Å². The molecule has 0 bridgehead atoms. The Morgan fingerprint density at radius 1 is 0.964 bits per heavy atom. The number of fused-ring (bicyclic) bond motifs is 1. The van der Waals surface area contributed by atoms with Gasteiger partial charge < -0.3 is 4.90 Å². The van der Waals surface area contributed by atoms with Crippen LogP contribution in [-0.4, -0.2) is 57.5 Å². The zero-order valence-corrected chi connectivity index (χ0v) is 16.6. The van der Waals surface area contributed by atoms with Crippen LogP contribution in [0.2, 0.25) is 0 Å². The number of rotatable bonds is 3. The first-order chi connectivity index (χ1) is 13.3. The summed E-state index contributed by atoms with van der Waals surface area (Å²) in [4.78, 5) is 21.9. The molecule has 5 nitrogen and oxygen atoms in total. The Bertz CT molecular complexity index is 962. The Kier molecular flexibility index (Phi) is 5.38. The van der Waals surface area contributed by atoms with E-state index in [9.17, 15) is 4.79 Å². The number of carbonyl (C=O) groups excluding carboxylic acids is 1. The minimum absolute atomic E-state index is 0. The van der Waals surface area contributed by atoms with Crippen LogP contribution in [0, 0.1) is 0 Å². The van der Waals surface area contributed by atoms with Gasteiger partial charge in [0.2, 0.25) is 0 Å². The van der Waals surface area contributed by atoms with Gasteiger partial charge in [0.1, 0.15) is 6.33 Å². The average molecular weight is 397 g/mol. The molecule has 0 N–H and O–H groups in total. The number of aromatic nitrogens is 2. The van der Waals surface area contributed by atoms with Crippen molar-refractivity contribution in [3.05, 3.63) is 60.4 Å². The lowest BCUT2D eigenvalue weighted by atomic mass is 10.1. The second kappa shape index (κ2) is 7.94. The van der Waals surface area contributed by atoms with Gasteiger partial charge in [0.05, 0.1) is 11.0 Å². The number of amides is 1. The van der Waals surface area contributed by atoms with E-state index in [4.69, 9.17) is 0 Å². The number of para-hydroxylation sites is 2. The van der Waals surface area contributed by atoms with Gasteiger partial charge in [0.25, 0.3) is 5.91 Å². The quantitative estimate of drug-likeness (QED) is 0.676. The van der Waals surface area contributed by atoms with Crippen LogP contribution < -0.4 is 0 Å². The number of imidazole rings is 1. The highest BCUT2D eigenvalue weighted by Gasteiger charge is 2.31. The van der Waals surface area contributed by atoms with Crippen molar-refractivity contribution in [2.24, 2.45) is 0 Å². The van der Waals surface area contributed by atoms with Crippen molar-refractivity contribution in [3.63, 3.8) is 0 Å². The number of nitrogens with zero attached hydrogens (tertiary/aromatic N) is 4. The summed E-state index contributed by atoms with van der Waals surface area (Å²) in [5.41, 5.74) is 3.84. The molecule has 2 aliphatic rings. The number of halogens is 1. The van der Waals surface area contributed by atoms with E-state index in [1.807, 2.05) is 53.7 Å². The van der Waals surface area contributed by atoms with Crippen molar-refractivity contribution in [1.82, 2.24) is 19.4 Å². The highest BCUT2D eigenvalue weighted by molar-refractivity contribution is 5.94. The predicted molar refractivity (Wildman–Crippen MR) is 113 cm³/mol. The minimum atomic E-state index is 0. The zero-order valence-electron chi connectivity index (χ0n) is 15.8. The summed E-state index contributed by atoms with van der Waals surface area (Å²) in [6.45, 7) is 4.13. The standard InChI is InChI=1S/C22H24N4O.ClH/c27-22(25-14-11-19(15-25)24-12-3-4-13-24)17-7-9-18(10-8-17)26-16-23-20-5-1-2-6-21(20)26;/h1-2,5-10,16,19H,3-4,11-15H2;1H. The van der Waals surface area contributed by atoms with Crippen LogP contribution in [0.25, 0.3) is 16.7 Å². The van der Waals surface area contributed by atoms with E-state index in [-0.39, 0.29) is 18.3 Å². The van der Waals surface area contributed by atoms with Crippen LogP contribution in [0.5, 0.6) is 0 Å². The summed E-state index contributed by atoms with van der Waals surface area (Å²) in [5, 5.41) is 0. The third-order valence-electron chi connectivity index (χ3n) is 5.95. The second-order valence-corrected chi connectivity index (χ2v) is 7.59. The van der Waals surface area contributed by atoms with Crippen molar-refractivity contribution in [3.8, 4) is 5.69 Å². The summed E-state index contributed by atoms with van der Waals surface area (Å²) >= 11 is 0. The number of hydrogen-bond acceptors (Lipinski definition) is 3. The molecule has 3 aromatic rings. The first-order valence-corrected chi connectivity index (χ1v) is 9.85. The molecule has 0 radical (unpaired) electrons. The lowest BCUT2D eigenvalue weighted by Gasteiger charge is -2.23. The molecular weight excluding hydrogens is 372 g/mol. The molecule has 1 unspecified atom stereocenters. The maximum absolute atomic E-state index is 12.9. The Morgan fingerprint density at radius 2 is 1.71 bits per heavy atom. The summed E-state index contributed by atoms with van der Waals surface area (Å²) in [5.74, 6) is 0.152. The number of benzene rings is 2. The van der Waals surface area contributed by atoms with Crippen LogP contribution in [0.1, 0.15) is 29.6 Å². The minimum Gasteiger partial charge on any atom is -0.337 e. The molecule has 3 heterocycles. The monoisotopic (exact) mass is 396 g/mol. The summed E-state index contributed by atoms with van der Waals surface area (Å²) in [6, 6.07) is 16.5. The van der Waals surface area contributed by atoms with Gasteiger partial charge in [-0.25, -0.2) is 4.98 Å². The van der Waals surface area contributed by atoms with E-state index in [2.05, 4.69) is 20.5 Å². The maximum Gasteiger partial charge on any atom is 0.253 e. The molecule has 2 saturated heterocycles. The average Bonchev–Trinajstić information content (AvgIpc) is 3.47. The van der Waals surface area contributed by atoms with Crippen LogP contribution in [-0.2, 0) is 0 Å². The third kappa shape index (κ3) is 3.40. The SMILES string of the molecule is Cl.O=C(c1ccc(-n2cnc3ccccc32)cc1)N1CCC(N2CCCC2)C1. The van der Waals surface area contributed by atoms with Crippen LogP contribution in [0.15, 0.2) is 54.9 Å². The Labute approximate surface area is 171 Å². The second-order valence-electron chi connectivity index (χ2n) is 7.59. The molecule has 6 heteroatoms. The van der Waals surface area contributed by atoms with E-state index < -0.39 is 0 Å². The first kappa shape index (κ1) is 19.0. The largest absolute Gasteiger partial charge is 0.337 e. The summed E-state index contributed by atoms with van der Waals surface area (Å²) < 4.78 is 2.06. The molecule has 0 aliphatic carbocycles. The van der Waals surface area contributed by atoms with E-state index in [1.165, 1.54) is 25.9 Å². The number of hydrogen-bond donors (Lipinski definition) is 0. The predicted octanol–water partition coefficient (Wildman–Crippen LogP) is 3.76. The lowest BCUT2D eigenvalue weighted by Crippen LogP contribution is -2.37. The Hall–Kier alpha value is -2.37. The molecule has 2 fully saturated rings. The number of likely N-dealkylation sites (tertiary alicyclic amines) is 2. The Morgan fingerprint density at radius 3 is 2.50 bits per heavy atom. The van der Waals surface area contributed by atoms with E-state index in [0.717, 1.165) is 41.8 Å². The molecule has 0 saturated carbocycles. The molecular formula is C22H25ClN4O. The van der Waals surface area contributed by atoms with Crippen molar-refractivity contribution in [2.75, 3.05) is 26.2 Å². The first-order valence-electron chi connectivity index (χ1n) is 9.85. The van der Waals surface area contributed by atoms with Gasteiger partial charge in [-0.15, -0.1) is 12.4 Å². The molecule has 2 aliphatic heterocycles. The van der Waals surface area contributed by atoms with Gasteiger partial charge in [-0.3, -0.25) is 14.3 Å². The molecule has 28 heavy (non-hydrogen) atoms.